The second-order valence-corrected chi connectivity index (χ2v) is 4.76. The molecule has 4 nitrogen and oxygen atoms in total. The third-order valence-electron chi connectivity index (χ3n) is 3.29. The van der Waals surface area contributed by atoms with Crippen LogP contribution in [-0.2, 0) is 17.7 Å². The van der Waals surface area contributed by atoms with Crippen LogP contribution in [0.3, 0.4) is 0 Å². The van der Waals surface area contributed by atoms with E-state index in [-0.39, 0.29) is 5.91 Å². The van der Waals surface area contributed by atoms with Crippen molar-refractivity contribution in [2.75, 3.05) is 19.0 Å². The molecular formula is C17H20N2O2. The summed E-state index contributed by atoms with van der Waals surface area (Å²) in [4.78, 5) is 12.3. The Morgan fingerprint density at radius 1 is 1.14 bits per heavy atom. The monoisotopic (exact) mass is 284 g/mol. The van der Waals surface area contributed by atoms with Crippen molar-refractivity contribution in [3.05, 3.63) is 65.2 Å². The summed E-state index contributed by atoms with van der Waals surface area (Å²) in [7, 11) is 1.67. The van der Waals surface area contributed by atoms with Crippen LogP contribution in [0.25, 0.3) is 0 Å². The van der Waals surface area contributed by atoms with Crippen molar-refractivity contribution in [3.8, 4) is 0 Å². The molecule has 0 fully saturated rings. The number of para-hydroxylation sites is 1. The first-order valence-electron chi connectivity index (χ1n) is 6.92. The number of nitrogens with one attached hydrogen (secondary N) is 1. The number of nitrogens with two attached hydrogens (primary N) is 1. The number of ether oxygens (including phenoxy) is 1. The topological polar surface area (TPSA) is 64.3 Å². The van der Waals surface area contributed by atoms with Crippen LogP contribution in [0.1, 0.15) is 21.5 Å². The molecule has 2 rings (SSSR count). The summed E-state index contributed by atoms with van der Waals surface area (Å²) in [6.07, 6.45) is 0.763. The smallest absolute Gasteiger partial charge is 0.255 e. The molecule has 0 aromatic heterocycles. The van der Waals surface area contributed by atoms with Crippen molar-refractivity contribution in [1.29, 1.82) is 0 Å². The summed E-state index contributed by atoms with van der Waals surface area (Å²) in [6, 6.07) is 15.1. The molecule has 0 heterocycles. The number of benzene rings is 2. The first-order chi connectivity index (χ1) is 10.2. The molecule has 0 aliphatic rings. The lowest BCUT2D eigenvalue weighted by molar-refractivity contribution is 0.102. The maximum absolute atomic E-state index is 12.3. The van der Waals surface area contributed by atoms with Gasteiger partial charge in [-0.3, -0.25) is 4.79 Å². The summed E-state index contributed by atoms with van der Waals surface area (Å²) in [5, 5.41) is 2.95. The Labute approximate surface area is 124 Å². The van der Waals surface area contributed by atoms with Gasteiger partial charge in [-0.1, -0.05) is 30.3 Å². The maximum Gasteiger partial charge on any atom is 0.255 e. The van der Waals surface area contributed by atoms with E-state index in [4.69, 9.17) is 10.5 Å². The second-order valence-electron chi connectivity index (χ2n) is 4.76. The Balaban J connectivity index is 2.11. The SMILES string of the molecule is COCCc1ccccc1NC(=O)c1ccc(CN)cc1. The molecule has 0 saturated carbocycles. The molecular weight excluding hydrogens is 264 g/mol. The van der Waals surface area contributed by atoms with Crippen LogP contribution in [0, 0.1) is 0 Å². The number of hydrogen-bond donors (Lipinski definition) is 2. The lowest BCUT2D eigenvalue weighted by atomic mass is 10.1. The zero-order valence-corrected chi connectivity index (χ0v) is 12.1. The van der Waals surface area contributed by atoms with Crippen molar-refractivity contribution in [2.45, 2.75) is 13.0 Å². The minimum Gasteiger partial charge on any atom is -0.384 e. The average molecular weight is 284 g/mol. The van der Waals surface area contributed by atoms with Gasteiger partial charge in [0.15, 0.2) is 0 Å². The minimum atomic E-state index is -0.122. The van der Waals surface area contributed by atoms with Gasteiger partial charge in [0, 0.05) is 24.9 Å². The van der Waals surface area contributed by atoms with Gasteiger partial charge in [0.25, 0.3) is 5.91 Å². The Kier molecular flexibility index (Phi) is 5.49. The summed E-state index contributed by atoms with van der Waals surface area (Å²) < 4.78 is 5.09. The van der Waals surface area contributed by atoms with Crippen LogP contribution in [0.4, 0.5) is 5.69 Å². The van der Waals surface area contributed by atoms with Crippen molar-refractivity contribution >= 4 is 11.6 Å². The van der Waals surface area contributed by atoms with Crippen molar-refractivity contribution in [2.24, 2.45) is 5.73 Å². The van der Waals surface area contributed by atoms with Crippen molar-refractivity contribution in [3.63, 3.8) is 0 Å². The van der Waals surface area contributed by atoms with E-state index in [2.05, 4.69) is 5.32 Å². The standard InChI is InChI=1S/C17H20N2O2/c1-21-11-10-14-4-2-3-5-16(14)19-17(20)15-8-6-13(12-18)7-9-15/h2-9H,10-12,18H2,1H3,(H,19,20). The second kappa shape index (κ2) is 7.57. The molecule has 3 N–H and O–H groups in total. The number of hydrogen-bond acceptors (Lipinski definition) is 3. The Morgan fingerprint density at radius 2 is 1.86 bits per heavy atom. The van der Waals surface area contributed by atoms with E-state index in [0.29, 0.717) is 18.7 Å². The quantitative estimate of drug-likeness (QED) is 0.857. The van der Waals surface area contributed by atoms with Gasteiger partial charge in [0.05, 0.1) is 6.61 Å². The van der Waals surface area contributed by atoms with Gasteiger partial charge < -0.3 is 15.8 Å². The summed E-state index contributed by atoms with van der Waals surface area (Å²) >= 11 is 0. The zero-order valence-electron chi connectivity index (χ0n) is 12.1. The first kappa shape index (κ1) is 15.2. The van der Waals surface area contributed by atoms with E-state index < -0.39 is 0 Å². The van der Waals surface area contributed by atoms with Crippen LogP contribution >= 0.6 is 0 Å². The molecule has 2 aromatic carbocycles. The van der Waals surface area contributed by atoms with Crippen LogP contribution in [0.15, 0.2) is 48.5 Å². The molecule has 4 heteroatoms. The largest absolute Gasteiger partial charge is 0.384 e. The summed E-state index contributed by atoms with van der Waals surface area (Å²) in [5.74, 6) is -0.122. The zero-order chi connectivity index (χ0) is 15.1. The molecule has 0 spiro atoms. The van der Waals surface area contributed by atoms with Crippen LogP contribution in [0.5, 0.6) is 0 Å². The minimum absolute atomic E-state index is 0.122. The molecule has 0 aliphatic carbocycles. The number of amides is 1. The van der Waals surface area contributed by atoms with E-state index in [1.165, 1.54) is 0 Å². The molecule has 0 bridgehead atoms. The number of carbonyl (C=O) groups excluding carboxylic acids is 1. The predicted octanol–water partition coefficient (Wildman–Crippen LogP) is 2.59. The Bertz CT molecular complexity index is 594. The van der Waals surface area contributed by atoms with Crippen molar-refractivity contribution < 1.29 is 9.53 Å². The lowest BCUT2D eigenvalue weighted by Crippen LogP contribution is -2.14. The van der Waals surface area contributed by atoms with Gasteiger partial charge in [-0.25, -0.2) is 0 Å². The molecule has 0 atom stereocenters. The van der Waals surface area contributed by atoms with E-state index in [1.807, 2.05) is 36.4 Å². The Morgan fingerprint density at radius 3 is 2.52 bits per heavy atom. The van der Waals surface area contributed by atoms with E-state index in [0.717, 1.165) is 23.2 Å². The number of rotatable bonds is 6. The van der Waals surface area contributed by atoms with Gasteiger partial charge in [-0.2, -0.15) is 0 Å². The third kappa shape index (κ3) is 4.15. The van der Waals surface area contributed by atoms with E-state index in [1.54, 1.807) is 19.2 Å². The highest BCUT2D eigenvalue weighted by Gasteiger charge is 2.08. The fraction of sp³-hybridized carbons (Fsp3) is 0.235. The highest BCUT2D eigenvalue weighted by atomic mass is 16.5. The number of methoxy groups -OCH3 is 1. The van der Waals surface area contributed by atoms with Gasteiger partial charge in [-0.15, -0.1) is 0 Å². The molecule has 0 saturated heterocycles. The number of anilines is 1. The third-order valence-corrected chi connectivity index (χ3v) is 3.29. The first-order valence-corrected chi connectivity index (χ1v) is 6.92. The van der Waals surface area contributed by atoms with E-state index >= 15 is 0 Å². The Hall–Kier alpha value is -2.17. The fourth-order valence-electron chi connectivity index (χ4n) is 2.06. The lowest BCUT2D eigenvalue weighted by Gasteiger charge is -2.11. The molecule has 110 valence electrons. The average Bonchev–Trinajstić information content (AvgIpc) is 2.54. The molecule has 0 unspecified atom stereocenters. The molecule has 1 amide bonds. The normalized spacial score (nSPS) is 10.4. The van der Waals surface area contributed by atoms with Crippen LogP contribution in [0.2, 0.25) is 0 Å². The number of carbonyl (C=O) groups is 1. The van der Waals surface area contributed by atoms with Gasteiger partial charge in [-0.05, 0) is 35.7 Å². The fourth-order valence-corrected chi connectivity index (χ4v) is 2.06. The highest BCUT2D eigenvalue weighted by molar-refractivity contribution is 6.04. The van der Waals surface area contributed by atoms with Crippen LogP contribution < -0.4 is 11.1 Å². The summed E-state index contributed by atoms with van der Waals surface area (Å²) in [5.41, 5.74) is 9.06. The molecule has 0 radical (unpaired) electrons. The predicted molar refractivity (Wildman–Crippen MR) is 84.3 cm³/mol. The summed E-state index contributed by atoms with van der Waals surface area (Å²) in [6.45, 7) is 1.10. The van der Waals surface area contributed by atoms with Gasteiger partial charge in [0.2, 0.25) is 0 Å². The van der Waals surface area contributed by atoms with Gasteiger partial charge >= 0.3 is 0 Å². The molecule has 21 heavy (non-hydrogen) atoms. The van der Waals surface area contributed by atoms with Gasteiger partial charge in [0.1, 0.15) is 0 Å². The molecule has 2 aromatic rings. The van der Waals surface area contributed by atoms with E-state index in [9.17, 15) is 4.79 Å². The molecule has 0 aliphatic heterocycles. The maximum atomic E-state index is 12.3. The van der Waals surface area contributed by atoms with Crippen molar-refractivity contribution in [1.82, 2.24) is 0 Å². The van der Waals surface area contributed by atoms with Crippen LogP contribution in [-0.4, -0.2) is 19.6 Å². The highest BCUT2D eigenvalue weighted by Crippen LogP contribution is 2.17.